The van der Waals surface area contributed by atoms with Crippen molar-refractivity contribution in [2.45, 2.75) is 0 Å². The third kappa shape index (κ3) is 1.16. The molecule has 1 aromatic heterocycles. The number of fused-ring (bicyclic) bond motifs is 1. The van der Waals surface area contributed by atoms with Gasteiger partial charge < -0.3 is 4.42 Å². The standard InChI is InChI=1S/C9H5NOS/c12-6-10-8-1-2-9-7(5-8)3-4-11-9/h1-5H. The van der Waals surface area contributed by atoms with Crippen LogP contribution in [0.1, 0.15) is 0 Å². The number of hydrogen-bond acceptors (Lipinski definition) is 3. The molecular weight excluding hydrogens is 170 g/mol. The van der Waals surface area contributed by atoms with Gasteiger partial charge in [0.1, 0.15) is 5.58 Å². The van der Waals surface area contributed by atoms with Crippen LogP contribution in [-0.2, 0) is 0 Å². The van der Waals surface area contributed by atoms with E-state index in [1.807, 2.05) is 24.3 Å². The van der Waals surface area contributed by atoms with Crippen LogP contribution < -0.4 is 0 Å². The predicted molar refractivity (Wildman–Crippen MR) is 50.9 cm³/mol. The first-order chi connectivity index (χ1) is 5.90. The summed E-state index contributed by atoms with van der Waals surface area (Å²) in [5.74, 6) is 0. The zero-order valence-corrected chi connectivity index (χ0v) is 6.97. The molecule has 0 N–H and O–H groups in total. The lowest BCUT2D eigenvalue weighted by atomic mass is 10.2. The average molecular weight is 175 g/mol. The topological polar surface area (TPSA) is 25.5 Å². The SMILES string of the molecule is S=C=Nc1ccc2occc2c1. The fourth-order valence-corrected chi connectivity index (χ4v) is 1.18. The Kier molecular flexibility index (Phi) is 1.74. The van der Waals surface area contributed by atoms with E-state index >= 15 is 0 Å². The van der Waals surface area contributed by atoms with Crippen LogP contribution in [0, 0.1) is 0 Å². The fourth-order valence-electron chi connectivity index (χ4n) is 1.08. The van der Waals surface area contributed by atoms with Crippen LogP contribution in [-0.4, -0.2) is 5.16 Å². The molecule has 2 nitrogen and oxygen atoms in total. The Morgan fingerprint density at radius 1 is 1.33 bits per heavy atom. The maximum absolute atomic E-state index is 5.16. The number of rotatable bonds is 1. The van der Waals surface area contributed by atoms with Gasteiger partial charge in [-0.05, 0) is 36.5 Å². The van der Waals surface area contributed by atoms with E-state index < -0.39 is 0 Å². The van der Waals surface area contributed by atoms with Crippen molar-refractivity contribution in [2.24, 2.45) is 4.99 Å². The largest absolute Gasteiger partial charge is 0.464 e. The highest BCUT2D eigenvalue weighted by atomic mass is 32.1. The fraction of sp³-hybridized carbons (Fsp3) is 0. The highest BCUT2D eigenvalue weighted by Gasteiger charge is 1.96. The molecule has 58 valence electrons. The van der Waals surface area contributed by atoms with Gasteiger partial charge in [-0.2, -0.15) is 4.99 Å². The summed E-state index contributed by atoms with van der Waals surface area (Å²) in [6.45, 7) is 0. The number of hydrogen-bond donors (Lipinski definition) is 0. The van der Waals surface area contributed by atoms with Crippen LogP contribution >= 0.6 is 12.2 Å². The van der Waals surface area contributed by atoms with Crippen LogP contribution in [0.25, 0.3) is 11.0 Å². The molecule has 0 aliphatic carbocycles. The maximum Gasteiger partial charge on any atom is 0.134 e. The summed E-state index contributed by atoms with van der Waals surface area (Å²) in [5.41, 5.74) is 1.66. The maximum atomic E-state index is 5.16. The van der Waals surface area contributed by atoms with Gasteiger partial charge in [0.15, 0.2) is 0 Å². The van der Waals surface area contributed by atoms with Gasteiger partial charge in [0.05, 0.1) is 17.1 Å². The van der Waals surface area contributed by atoms with E-state index in [1.54, 1.807) is 6.26 Å². The molecule has 0 aliphatic heterocycles. The Balaban J connectivity index is 2.67. The third-order valence-corrected chi connectivity index (χ3v) is 1.70. The molecule has 0 radical (unpaired) electrons. The highest BCUT2D eigenvalue weighted by Crippen LogP contribution is 2.21. The number of isothiocyanates is 1. The van der Waals surface area contributed by atoms with Gasteiger partial charge in [-0.1, -0.05) is 0 Å². The average Bonchev–Trinajstić information content (AvgIpc) is 2.51. The van der Waals surface area contributed by atoms with Gasteiger partial charge in [-0.3, -0.25) is 0 Å². The van der Waals surface area contributed by atoms with E-state index in [2.05, 4.69) is 22.4 Å². The summed E-state index contributed by atoms with van der Waals surface area (Å²) in [4.78, 5) is 3.86. The van der Waals surface area contributed by atoms with Gasteiger partial charge in [0.25, 0.3) is 0 Å². The molecule has 1 aromatic carbocycles. The zero-order chi connectivity index (χ0) is 8.39. The van der Waals surface area contributed by atoms with Crippen molar-refractivity contribution in [1.29, 1.82) is 0 Å². The second kappa shape index (κ2) is 2.89. The van der Waals surface area contributed by atoms with Crippen molar-refractivity contribution in [3.05, 3.63) is 30.5 Å². The van der Waals surface area contributed by atoms with E-state index in [1.165, 1.54) is 0 Å². The summed E-state index contributed by atoms with van der Waals surface area (Å²) in [6.07, 6.45) is 1.65. The quantitative estimate of drug-likeness (QED) is 0.491. The molecule has 0 saturated heterocycles. The van der Waals surface area contributed by atoms with Gasteiger partial charge in [-0.25, -0.2) is 0 Å². The molecular formula is C9H5NOS. The van der Waals surface area contributed by atoms with Crippen molar-refractivity contribution < 1.29 is 4.42 Å². The Hall–Kier alpha value is -1.44. The van der Waals surface area contributed by atoms with E-state index in [9.17, 15) is 0 Å². The van der Waals surface area contributed by atoms with Gasteiger partial charge in [-0.15, -0.1) is 0 Å². The molecule has 0 atom stereocenters. The molecule has 2 aromatic rings. The van der Waals surface area contributed by atoms with Crippen molar-refractivity contribution >= 4 is 34.0 Å². The molecule has 3 heteroatoms. The lowest BCUT2D eigenvalue weighted by Crippen LogP contribution is -1.63. The second-order valence-electron chi connectivity index (χ2n) is 2.35. The molecule has 0 bridgehead atoms. The third-order valence-electron chi connectivity index (χ3n) is 1.61. The molecule has 0 fully saturated rings. The minimum atomic E-state index is 0.805. The summed E-state index contributed by atoms with van der Waals surface area (Å²) in [6, 6.07) is 7.49. The minimum Gasteiger partial charge on any atom is -0.464 e. The van der Waals surface area contributed by atoms with Crippen LogP contribution in [0.5, 0.6) is 0 Å². The molecule has 0 saturated carbocycles. The molecule has 0 aliphatic rings. The number of nitrogens with zero attached hydrogens (tertiary/aromatic N) is 1. The summed E-state index contributed by atoms with van der Waals surface area (Å²) in [5, 5.41) is 3.35. The van der Waals surface area contributed by atoms with Crippen LogP contribution in [0.2, 0.25) is 0 Å². The van der Waals surface area contributed by atoms with Crippen molar-refractivity contribution in [1.82, 2.24) is 0 Å². The molecule has 0 unspecified atom stereocenters. The number of thiocarbonyl (C=S) groups is 1. The second-order valence-corrected chi connectivity index (χ2v) is 2.53. The van der Waals surface area contributed by atoms with Gasteiger partial charge in [0.2, 0.25) is 0 Å². The van der Waals surface area contributed by atoms with Crippen LogP contribution in [0.3, 0.4) is 0 Å². The monoisotopic (exact) mass is 175 g/mol. The molecule has 2 rings (SSSR count). The Bertz CT molecular complexity index is 454. The Morgan fingerprint density at radius 2 is 2.25 bits per heavy atom. The number of benzene rings is 1. The molecule has 1 heterocycles. The number of aliphatic imine (C=N–C) groups is 1. The lowest BCUT2D eigenvalue weighted by molar-refractivity contribution is 0.616. The van der Waals surface area contributed by atoms with E-state index in [0.29, 0.717) is 0 Å². The van der Waals surface area contributed by atoms with E-state index in [4.69, 9.17) is 4.42 Å². The highest BCUT2D eigenvalue weighted by molar-refractivity contribution is 7.78. The smallest absolute Gasteiger partial charge is 0.134 e. The first-order valence-electron chi connectivity index (χ1n) is 3.45. The van der Waals surface area contributed by atoms with E-state index in [-0.39, 0.29) is 0 Å². The normalized spacial score (nSPS) is 9.67. The molecule has 0 amide bonds. The Morgan fingerprint density at radius 3 is 3.08 bits per heavy atom. The minimum absolute atomic E-state index is 0.805. The van der Waals surface area contributed by atoms with Gasteiger partial charge >= 0.3 is 0 Å². The number of furan rings is 1. The summed E-state index contributed by atoms with van der Waals surface area (Å²) in [7, 11) is 0. The van der Waals surface area contributed by atoms with E-state index in [0.717, 1.165) is 16.7 Å². The zero-order valence-electron chi connectivity index (χ0n) is 6.15. The molecule has 0 spiro atoms. The van der Waals surface area contributed by atoms with Gasteiger partial charge in [0, 0.05) is 5.39 Å². The van der Waals surface area contributed by atoms with Crippen molar-refractivity contribution in [2.75, 3.05) is 0 Å². The first-order valence-corrected chi connectivity index (χ1v) is 3.86. The first kappa shape index (κ1) is 7.22. The van der Waals surface area contributed by atoms with Crippen LogP contribution in [0.15, 0.2) is 39.9 Å². The summed E-state index contributed by atoms with van der Waals surface area (Å²) >= 11 is 4.50. The predicted octanol–water partition coefficient (Wildman–Crippen LogP) is 3.17. The summed E-state index contributed by atoms with van der Waals surface area (Å²) < 4.78 is 5.16. The van der Waals surface area contributed by atoms with Crippen molar-refractivity contribution in [3.63, 3.8) is 0 Å². The van der Waals surface area contributed by atoms with Crippen molar-refractivity contribution in [3.8, 4) is 0 Å². The van der Waals surface area contributed by atoms with Crippen LogP contribution in [0.4, 0.5) is 5.69 Å². The Labute approximate surface area is 74.5 Å². The lowest BCUT2D eigenvalue weighted by Gasteiger charge is -1.89. The molecule has 12 heavy (non-hydrogen) atoms.